The van der Waals surface area contributed by atoms with Crippen LogP contribution in [0.1, 0.15) is 0 Å². The van der Waals surface area contributed by atoms with Crippen molar-refractivity contribution in [2.45, 2.75) is 0 Å². The lowest BCUT2D eigenvalue weighted by Gasteiger charge is -1.92. The molecule has 0 aromatic carbocycles. The van der Waals surface area contributed by atoms with E-state index in [2.05, 4.69) is 5.32 Å². The number of thioether (sulfide) groups is 2. The van der Waals surface area contributed by atoms with Crippen molar-refractivity contribution >= 4 is 45.2 Å². The Kier molecular flexibility index (Phi) is 3.42. The smallest absolute Gasteiger partial charge is 0.242 e. The van der Waals surface area contributed by atoms with Crippen molar-refractivity contribution in [1.82, 2.24) is 5.32 Å². The average Bonchev–Trinajstić information content (AvgIpc) is 2.26. The average molecular weight is 205 g/mol. The van der Waals surface area contributed by atoms with E-state index in [9.17, 15) is 4.79 Å². The van der Waals surface area contributed by atoms with Crippen LogP contribution in [-0.4, -0.2) is 21.4 Å². The molecule has 1 rings (SSSR count). The summed E-state index contributed by atoms with van der Waals surface area (Å²) in [5.41, 5.74) is 0.634. The summed E-state index contributed by atoms with van der Waals surface area (Å²) in [5, 5.41) is 2.86. The maximum atomic E-state index is 11.0. The van der Waals surface area contributed by atoms with Gasteiger partial charge in [0.1, 0.15) is 4.32 Å². The van der Waals surface area contributed by atoms with Gasteiger partial charge in [0.15, 0.2) is 0 Å². The van der Waals surface area contributed by atoms with Crippen LogP contribution in [0.3, 0.4) is 0 Å². The topological polar surface area (TPSA) is 29.1 Å². The Balaban J connectivity index is 2.59. The van der Waals surface area contributed by atoms with Crippen LogP contribution in [0.2, 0.25) is 0 Å². The summed E-state index contributed by atoms with van der Waals surface area (Å²) >= 11 is 7.56. The van der Waals surface area contributed by atoms with Crippen molar-refractivity contribution in [2.75, 3.05) is 12.0 Å². The summed E-state index contributed by atoms with van der Waals surface area (Å²) in [5.74, 6) is 0.844. The van der Waals surface area contributed by atoms with Gasteiger partial charge in [0.25, 0.3) is 0 Å². The Morgan fingerprint density at radius 1 is 1.82 bits per heavy atom. The molecule has 1 N–H and O–H groups in total. The van der Waals surface area contributed by atoms with Gasteiger partial charge in [-0.3, -0.25) is 4.79 Å². The quantitative estimate of drug-likeness (QED) is 0.543. The summed E-state index contributed by atoms with van der Waals surface area (Å²) in [6, 6.07) is 0. The second kappa shape index (κ2) is 4.13. The molecule has 1 fully saturated rings. The molecule has 0 unspecified atom stereocenters. The first kappa shape index (κ1) is 9.09. The molecule has 0 aromatic heterocycles. The van der Waals surface area contributed by atoms with Gasteiger partial charge in [0, 0.05) is 5.75 Å². The maximum Gasteiger partial charge on any atom is 0.242 e. The van der Waals surface area contributed by atoms with Crippen LogP contribution < -0.4 is 5.32 Å². The second-order valence-electron chi connectivity index (χ2n) is 1.88. The van der Waals surface area contributed by atoms with E-state index in [1.807, 2.05) is 12.3 Å². The van der Waals surface area contributed by atoms with Gasteiger partial charge in [-0.25, -0.2) is 0 Å². The zero-order valence-corrected chi connectivity index (χ0v) is 8.37. The van der Waals surface area contributed by atoms with Gasteiger partial charge in [-0.1, -0.05) is 12.2 Å². The maximum absolute atomic E-state index is 11.0. The molecule has 0 aromatic rings. The highest BCUT2D eigenvalue weighted by molar-refractivity contribution is 8.33. The zero-order chi connectivity index (χ0) is 8.27. The van der Waals surface area contributed by atoms with Gasteiger partial charge in [-0.15, -0.1) is 0 Å². The Morgan fingerprint density at radius 2 is 2.55 bits per heavy atom. The molecule has 0 radical (unpaired) electrons. The minimum Gasteiger partial charge on any atom is -0.337 e. The van der Waals surface area contributed by atoms with Crippen LogP contribution in [0.15, 0.2) is 11.8 Å². The van der Waals surface area contributed by atoms with Crippen molar-refractivity contribution in [1.29, 1.82) is 0 Å². The first-order valence-electron chi connectivity index (χ1n) is 2.96. The van der Waals surface area contributed by atoms with Crippen LogP contribution in [0.4, 0.5) is 0 Å². The number of hydrogen-bond donors (Lipinski definition) is 1. The SMILES string of the molecule is CSC/C=C1\NC(=S)SC1=O. The van der Waals surface area contributed by atoms with E-state index in [1.165, 1.54) is 0 Å². The number of thiocarbonyl (C=S) groups is 1. The zero-order valence-electron chi connectivity index (χ0n) is 5.92. The van der Waals surface area contributed by atoms with Gasteiger partial charge in [-0.05, 0) is 24.1 Å². The number of nitrogens with one attached hydrogen (secondary N) is 1. The summed E-state index contributed by atoms with van der Waals surface area (Å²) in [6.45, 7) is 0. The monoisotopic (exact) mass is 205 g/mol. The highest BCUT2D eigenvalue weighted by Crippen LogP contribution is 2.18. The van der Waals surface area contributed by atoms with Crippen LogP contribution in [0, 0.1) is 0 Å². The van der Waals surface area contributed by atoms with Gasteiger partial charge in [0.05, 0.1) is 5.70 Å². The molecule has 0 spiro atoms. The van der Waals surface area contributed by atoms with Gasteiger partial charge in [-0.2, -0.15) is 11.8 Å². The van der Waals surface area contributed by atoms with E-state index in [-0.39, 0.29) is 5.12 Å². The molecule has 0 amide bonds. The molecular formula is C6H7NOS3. The van der Waals surface area contributed by atoms with E-state index < -0.39 is 0 Å². The van der Waals surface area contributed by atoms with Crippen LogP contribution in [0.5, 0.6) is 0 Å². The molecular weight excluding hydrogens is 198 g/mol. The van der Waals surface area contributed by atoms with Gasteiger partial charge < -0.3 is 5.32 Å². The van der Waals surface area contributed by atoms with E-state index in [4.69, 9.17) is 12.2 Å². The standard InChI is InChI=1S/C6H7NOS3/c1-10-3-2-4-5(8)11-6(9)7-4/h2H,3H2,1H3,(H,7,9)/b4-2-. The predicted molar refractivity (Wildman–Crippen MR) is 54.8 cm³/mol. The molecule has 0 aliphatic carbocycles. The predicted octanol–water partition coefficient (Wildman–Crippen LogP) is 1.38. The molecule has 2 nitrogen and oxygen atoms in total. The van der Waals surface area contributed by atoms with Gasteiger partial charge >= 0.3 is 0 Å². The molecule has 60 valence electrons. The van der Waals surface area contributed by atoms with Gasteiger partial charge in [0.2, 0.25) is 5.12 Å². The highest BCUT2D eigenvalue weighted by Gasteiger charge is 2.21. The van der Waals surface area contributed by atoms with Crippen molar-refractivity contribution in [3.63, 3.8) is 0 Å². The van der Waals surface area contributed by atoms with Crippen LogP contribution >= 0.6 is 35.7 Å². The fraction of sp³-hybridized carbons (Fsp3) is 0.333. The largest absolute Gasteiger partial charge is 0.337 e. The molecule has 1 heterocycles. The lowest BCUT2D eigenvalue weighted by molar-refractivity contribution is -0.107. The van der Waals surface area contributed by atoms with Crippen molar-refractivity contribution in [2.24, 2.45) is 0 Å². The highest BCUT2D eigenvalue weighted by atomic mass is 32.2. The molecule has 1 saturated heterocycles. The number of carbonyl (C=O) groups excluding carboxylic acids is 1. The Labute approximate surface area is 79.2 Å². The first-order chi connectivity index (χ1) is 5.24. The molecule has 0 atom stereocenters. The number of hydrogen-bond acceptors (Lipinski definition) is 4. The summed E-state index contributed by atoms with van der Waals surface area (Å²) in [4.78, 5) is 11.0. The molecule has 0 saturated carbocycles. The summed E-state index contributed by atoms with van der Waals surface area (Å²) < 4.78 is 0.558. The van der Waals surface area contributed by atoms with E-state index in [0.29, 0.717) is 10.0 Å². The molecule has 11 heavy (non-hydrogen) atoms. The van der Waals surface area contributed by atoms with E-state index >= 15 is 0 Å². The molecule has 0 bridgehead atoms. The number of carbonyl (C=O) groups is 1. The second-order valence-corrected chi connectivity index (χ2v) is 4.44. The third kappa shape index (κ3) is 2.50. The van der Waals surface area contributed by atoms with E-state index in [1.54, 1.807) is 11.8 Å². The third-order valence-electron chi connectivity index (χ3n) is 1.10. The van der Waals surface area contributed by atoms with Crippen molar-refractivity contribution < 1.29 is 4.79 Å². The Bertz CT molecular complexity index is 224. The lowest BCUT2D eigenvalue weighted by Crippen LogP contribution is -2.10. The fourth-order valence-corrected chi connectivity index (χ4v) is 1.87. The van der Waals surface area contributed by atoms with Crippen molar-refractivity contribution in [3.8, 4) is 0 Å². The number of rotatable bonds is 2. The summed E-state index contributed by atoms with van der Waals surface area (Å²) in [7, 11) is 0. The lowest BCUT2D eigenvalue weighted by atomic mass is 10.4. The normalized spacial score (nSPS) is 21.0. The first-order valence-corrected chi connectivity index (χ1v) is 5.58. The molecule has 1 aliphatic heterocycles. The van der Waals surface area contributed by atoms with Crippen LogP contribution in [0.25, 0.3) is 0 Å². The summed E-state index contributed by atoms with van der Waals surface area (Å²) in [6.07, 6.45) is 3.85. The fourth-order valence-electron chi connectivity index (χ4n) is 0.627. The molecule has 1 aliphatic rings. The Morgan fingerprint density at radius 3 is 3.00 bits per heavy atom. The minimum atomic E-state index is 0.0315. The van der Waals surface area contributed by atoms with E-state index in [0.717, 1.165) is 17.5 Å². The minimum absolute atomic E-state index is 0.0315. The Hall–Kier alpha value is -0.0000000000000000555. The molecule has 5 heteroatoms. The van der Waals surface area contributed by atoms with Crippen LogP contribution in [-0.2, 0) is 4.79 Å². The third-order valence-corrected chi connectivity index (χ3v) is 2.64. The van der Waals surface area contributed by atoms with Crippen molar-refractivity contribution in [3.05, 3.63) is 11.8 Å².